The Hall–Kier alpha value is -3.06. The van der Waals surface area contributed by atoms with Crippen LogP contribution in [0, 0.1) is 6.92 Å². The van der Waals surface area contributed by atoms with Gasteiger partial charge in [0, 0.05) is 47.4 Å². The van der Waals surface area contributed by atoms with Crippen LogP contribution in [0.3, 0.4) is 0 Å². The molecule has 0 radical (unpaired) electrons. The van der Waals surface area contributed by atoms with E-state index in [0.717, 1.165) is 40.9 Å². The van der Waals surface area contributed by atoms with Gasteiger partial charge in [0.15, 0.2) is 5.78 Å². The SMILES string of the molecule is CCc1cccc(CC)c1-n1c(C)c(C(=O)CCCOC)cc(-c2nc(-c3ccc(Cl)cc3)cs2)c1=O. The summed E-state index contributed by atoms with van der Waals surface area (Å²) in [6, 6.07) is 15.3. The molecule has 2 heterocycles. The van der Waals surface area contributed by atoms with Crippen molar-refractivity contribution >= 4 is 28.7 Å². The first kappa shape index (κ1) is 27.0. The monoisotopic (exact) mass is 534 g/mol. The molecule has 0 aliphatic rings. The Labute approximate surface area is 226 Å². The average molecular weight is 535 g/mol. The number of pyridine rings is 1. The molecule has 0 aliphatic carbocycles. The van der Waals surface area contributed by atoms with E-state index in [0.29, 0.717) is 46.3 Å². The maximum atomic E-state index is 14.1. The van der Waals surface area contributed by atoms with E-state index in [1.54, 1.807) is 17.7 Å². The summed E-state index contributed by atoms with van der Waals surface area (Å²) >= 11 is 7.45. The van der Waals surface area contributed by atoms with E-state index in [1.807, 2.05) is 42.6 Å². The molecule has 0 atom stereocenters. The Morgan fingerprint density at radius 1 is 1.08 bits per heavy atom. The molecule has 0 fully saturated rings. The van der Waals surface area contributed by atoms with E-state index in [2.05, 4.69) is 26.0 Å². The highest BCUT2D eigenvalue weighted by atomic mass is 35.5. The average Bonchev–Trinajstić information content (AvgIpc) is 3.39. The normalized spacial score (nSPS) is 11.2. The van der Waals surface area contributed by atoms with Crippen molar-refractivity contribution in [1.82, 2.24) is 9.55 Å². The second kappa shape index (κ2) is 12.0. The molecule has 0 aliphatic heterocycles. The fourth-order valence-corrected chi connectivity index (χ4v) is 5.54. The van der Waals surface area contributed by atoms with E-state index in [9.17, 15) is 9.59 Å². The van der Waals surface area contributed by atoms with Crippen LogP contribution in [0.1, 0.15) is 53.9 Å². The third kappa shape index (κ3) is 5.61. The molecule has 7 heteroatoms. The van der Waals surface area contributed by atoms with Crippen molar-refractivity contribution in [2.45, 2.75) is 46.5 Å². The van der Waals surface area contributed by atoms with Gasteiger partial charge in [0.1, 0.15) is 5.01 Å². The van der Waals surface area contributed by atoms with Crippen LogP contribution in [0.4, 0.5) is 0 Å². The first-order chi connectivity index (χ1) is 17.9. The van der Waals surface area contributed by atoms with E-state index in [4.69, 9.17) is 21.3 Å². The van der Waals surface area contributed by atoms with E-state index < -0.39 is 0 Å². The van der Waals surface area contributed by atoms with E-state index >= 15 is 0 Å². The maximum Gasteiger partial charge on any atom is 0.265 e. The Kier molecular flexibility index (Phi) is 8.75. The smallest absolute Gasteiger partial charge is 0.265 e. The van der Waals surface area contributed by atoms with Gasteiger partial charge >= 0.3 is 0 Å². The predicted octanol–water partition coefficient (Wildman–Crippen LogP) is 7.32. The largest absolute Gasteiger partial charge is 0.385 e. The van der Waals surface area contributed by atoms with Crippen molar-refractivity contribution in [1.29, 1.82) is 0 Å². The number of carbonyl (C=O) groups is 1. The van der Waals surface area contributed by atoms with Gasteiger partial charge < -0.3 is 4.74 Å². The number of nitrogens with zero attached hydrogens (tertiary/aromatic N) is 2. The minimum absolute atomic E-state index is 0.00828. The zero-order chi connectivity index (χ0) is 26.5. The number of thiazole rings is 1. The number of rotatable bonds is 10. The van der Waals surface area contributed by atoms with Crippen LogP contribution in [0.15, 0.2) is 58.7 Å². The van der Waals surface area contributed by atoms with Gasteiger partial charge in [0.2, 0.25) is 0 Å². The van der Waals surface area contributed by atoms with Gasteiger partial charge in [0.05, 0.1) is 16.9 Å². The van der Waals surface area contributed by atoms with Crippen LogP contribution in [0.2, 0.25) is 5.02 Å². The lowest BCUT2D eigenvalue weighted by Gasteiger charge is -2.21. The number of ether oxygens (including phenoxy) is 1. The summed E-state index contributed by atoms with van der Waals surface area (Å²) in [6.07, 6.45) is 2.51. The van der Waals surface area contributed by atoms with Gasteiger partial charge in [0.25, 0.3) is 5.56 Å². The first-order valence-corrected chi connectivity index (χ1v) is 13.8. The minimum atomic E-state index is -0.168. The van der Waals surface area contributed by atoms with Gasteiger partial charge in [-0.15, -0.1) is 11.3 Å². The Morgan fingerprint density at radius 2 is 1.76 bits per heavy atom. The highest BCUT2D eigenvalue weighted by Crippen LogP contribution is 2.31. The second-order valence-electron chi connectivity index (χ2n) is 8.89. The molecule has 2 aromatic heterocycles. The van der Waals surface area contributed by atoms with Crippen molar-refractivity contribution in [3.05, 3.63) is 91.7 Å². The molecule has 0 amide bonds. The van der Waals surface area contributed by atoms with Gasteiger partial charge in [-0.2, -0.15) is 0 Å². The highest BCUT2D eigenvalue weighted by molar-refractivity contribution is 7.13. The number of Topliss-reactive ketones (excluding diaryl/α,β-unsaturated/α-hetero) is 1. The number of carbonyl (C=O) groups excluding carboxylic acids is 1. The zero-order valence-corrected chi connectivity index (χ0v) is 23.2. The van der Waals surface area contributed by atoms with Gasteiger partial charge in [-0.3, -0.25) is 14.2 Å². The van der Waals surface area contributed by atoms with E-state index in [-0.39, 0.29) is 11.3 Å². The minimum Gasteiger partial charge on any atom is -0.385 e. The number of hydrogen-bond donors (Lipinski definition) is 0. The zero-order valence-electron chi connectivity index (χ0n) is 21.6. The van der Waals surface area contributed by atoms with Crippen molar-refractivity contribution in [2.75, 3.05) is 13.7 Å². The number of aryl methyl sites for hydroxylation is 2. The summed E-state index contributed by atoms with van der Waals surface area (Å²) in [5.41, 5.74) is 6.15. The summed E-state index contributed by atoms with van der Waals surface area (Å²) in [6.45, 7) is 6.53. The summed E-state index contributed by atoms with van der Waals surface area (Å²) in [5, 5.41) is 3.17. The number of methoxy groups -OCH3 is 1. The van der Waals surface area contributed by atoms with Crippen molar-refractivity contribution in [3.63, 3.8) is 0 Å². The molecule has 2 aromatic carbocycles. The predicted molar refractivity (Wildman–Crippen MR) is 153 cm³/mol. The van der Waals surface area contributed by atoms with Crippen LogP contribution in [-0.4, -0.2) is 29.1 Å². The molecule has 5 nitrogen and oxygen atoms in total. The molecule has 4 rings (SSSR count). The number of aromatic nitrogens is 2. The standard InChI is InChI=1S/C30H31ClN2O3S/c1-5-20-9-7-10-21(6-2)28(20)33-19(3)24(27(34)11-8-16-36-4)17-25(30(33)35)29-32-26(18-37-29)22-12-14-23(31)15-13-22/h7,9-10,12-15,17-18H,5-6,8,11,16H2,1-4H3. The fourth-order valence-electron chi connectivity index (χ4n) is 4.57. The maximum absolute atomic E-state index is 14.1. The number of ketones is 1. The third-order valence-electron chi connectivity index (χ3n) is 6.56. The number of hydrogen-bond acceptors (Lipinski definition) is 5. The Balaban J connectivity index is 1.94. The molecule has 0 bridgehead atoms. The topological polar surface area (TPSA) is 61.2 Å². The molecule has 4 aromatic rings. The summed E-state index contributed by atoms with van der Waals surface area (Å²) in [7, 11) is 1.63. The van der Waals surface area contributed by atoms with Gasteiger partial charge in [-0.1, -0.05) is 55.8 Å². The van der Waals surface area contributed by atoms with Gasteiger partial charge in [-0.05, 0) is 55.5 Å². The molecule has 192 valence electrons. The van der Waals surface area contributed by atoms with Crippen molar-refractivity contribution in [3.8, 4) is 27.5 Å². The summed E-state index contributed by atoms with van der Waals surface area (Å²) in [4.78, 5) is 32.3. The Morgan fingerprint density at radius 3 is 2.38 bits per heavy atom. The Bertz CT molecular complexity index is 1450. The molecule has 0 N–H and O–H groups in total. The molecule has 0 saturated heterocycles. The van der Waals surface area contributed by atoms with Crippen LogP contribution < -0.4 is 5.56 Å². The molecular weight excluding hydrogens is 504 g/mol. The van der Waals surface area contributed by atoms with Crippen molar-refractivity contribution < 1.29 is 9.53 Å². The van der Waals surface area contributed by atoms with Crippen LogP contribution >= 0.6 is 22.9 Å². The summed E-state index contributed by atoms with van der Waals surface area (Å²) in [5.74, 6) is -0.00828. The van der Waals surface area contributed by atoms with Crippen LogP contribution in [0.25, 0.3) is 27.5 Å². The van der Waals surface area contributed by atoms with E-state index in [1.165, 1.54) is 11.3 Å². The second-order valence-corrected chi connectivity index (χ2v) is 10.2. The number of benzene rings is 2. The van der Waals surface area contributed by atoms with Gasteiger partial charge in [-0.25, -0.2) is 4.98 Å². The summed E-state index contributed by atoms with van der Waals surface area (Å²) < 4.78 is 6.89. The molecule has 0 spiro atoms. The highest BCUT2D eigenvalue weighted by Gasteiger charge is 2.23. The number of para-hydroxylation sites is 1. The molecule has 0 unspecified atom stereocenters. The molecule has 37 heavy (non-hydrogen) atoms. The van der Waals surface area contributed by atoms with Crippen molar-refractivity contribution in [2.24, 2.45) is 0 Å². The van der Waals surface area contributed by atoms with Crippen LogP contribution in [0.5, 0.6) is 0 Å². The lowest BCUT2D eigenvalue weighted by molar-refractivity contribution is 0.0962. The molecular formula is C30H31ClN2O3S. The fraction of sp³-hybridized carbons (Fsp3) is 0.300. The third-order valence-corrected chi connectivity index (χ3v) is 7.69. The number of halogens is 1. The lowest BCUT2D eigenvalue weighted by Crippen LogP contribution is -2.27. The quantitative estimate of drug-likeness (QED) is 0.158. The lowest BCUT2D eigenvalue weighted by atomic mass is 9.99. The molecule has 0 saturated carbocycles. The van der Waals surface area contributed by atoms with Crippen LogP contribution in [-0.2, 0) is 17.6 Å². The first-order valence-electron chi connectivity index (χ1n) is 12.5.